The number of carbonyl (C=O) groups excluding carboxylic acids is 3. The summed E-state index contributed by atoms with van der Waals surface area (Å²) in [5.74, 6) is 0.0453. The van der Waals surface area contributed by atoms with Gasteiger partial charge in [-0.15, -0.1) is 0 Å². The molecule has 0 spiro atoms. The number of hydrogen-bond acceptors (Lipinski definition) is 5. The van der Waals surface area contributed by atoms with Gasteiger partial charge < -0.3 is 15.1 Å². The van der Waals surface area contributed by atoms with E-state index in [0.29, 0.717) is 37.2 Å². The Kier molecular flexibility index (Phi) is 6.13. The van der Waals surface area contributed by atoms with Crippen molar-refractivity contribution in [1.29, 1.82) is 0 Å². The minimum atomic E-state index is -0.933. The Morgan fingerprint density at radius 1 is 1.03 bits per heavy atom. The monoisotopic (exact) mass is 474 g/mol. The summed E-state index contributed by atoms with van der Waals surface area (Å²) in [6.07, 6.45) is 2.22. The van der Waals surface area contributed by atoms with E-state index in [2.05, 4.69) is 10.2 Å². The highest BCUT2D eigenvalue weighted by Crippen LogP contribution is 2.46. The summed E-state index contributed by atoms with van der Waals surface area (Å²) in [6.45, 7) is 5.36. The lowest BCUT2D eigenvalue weighted by Crippen LogP contribution is -2.61. The van der Waals surface area contributed by atoms with Crippen LogP contribution in [0.3, 0.4) is 0 Å². The number of likely N-dealkylation sites (tertiary alicyclic amines) is 2. The third kappa shape index (κ3) is 4.45. The number of nitrogens with one attached hydrogen (secondary N) is 1. The first-order chi connectivity index (χ1) is 16.8. The van der Waals surface area contributed by atoms with Crippen molar-refractivity contribution in [2.75, 3.05) is 45.6 Å². The first kappa shape index (κ1) is 23.5. The molecule has 1 aliphatic carbocycles. The van der Waals surface area contributed by atoms with Gasteiger partial charge in [-0.3, -0.25) is 19.3 Å². The molecule has 1 saturated carbocycles. The summed E-state index contributed by atoms with van der Waals surface area (Å²) < 4.78 is 0. The predicted octanol–water partition coefficient (Wildman–Crippen LogP) is 2.69. The molecule has 2 aromatic rings. The average Bonchev–Trinajstić information content (AvgIpc) is 3.52. The Bertz CT molecular complexity index is 1130. The number of anilines is 1. The Labute approximate surface area is 207 Å². The van der Waals surface area contributed by atoms with Crippen LogP contribution in [0, 0.1) is 6.92 Å². The summed E-state index contributed by atoms with van der Waals surface area (Å²) in [7, 11) is 3.51. The number of ketones is 1. The van der Waals surface area contributed by atoms with Gasteiger partial charge in [0.1, 0.15) is 5.41 Å². The highest BCUT2D eigenvalue weighted by molar-refractivity contribution is 6.24. The number of Topliss-reactive ketones (excluding diaryl/α,β-unsaturated/α-hetero) is 1. The molecule has 35 heavy (non-hydrogen) atoms. The maximum Gasteiger partial charge on any atom is 0.253 e. The van der Waals surface area contributed by atoms with Crippen molar-refractivity contribution >= 4 is 23.3 Å². The molecule has 0 radical (unpaired) electrons. The molecular formula is C28H34N4O3. The lowest BCUT2D eigenvalue weighted by Gasteiger charge is -2.47. The van der Waals surface area contributed by atoms with Crippen LogP contribution in [0.5, 0.6) is 0 Å². The van der Waals surface area contributed by atoms with Crippen LogP contribution in [0.1, 0.15) is 40.7 Å². The predicted molar refractivity (Wildman–Crippen MR) is 136 cm³/mol. The zero-order chi connectivity index (χ0) is 24.7. The van der Waals surface area contributed by atoms with Crippen molar-refractivity contribution in [3.05, 3.63) is 65.2 Å². The van der Waals surface area contributed by atoms with Gasteiger partial charge in [-0.25, -0.2) is 0 Å². The van der Waals surface area contributed by atoms with Gasteiger partial charge in [-0.1, -0.05) is 29.8 Å². The quantitative estimate of drug-likeness (QED) is 0.652. The fourth-order valence-electron chi connectivity index (χ4n) is 5.50. The normalized spacial score (nSPS) is 23.1. The number of rotatable bonds is 6. The molecule has 3 fully saturated rings. The van der Waals surface area contributed by atoms with E-state index < -0.39 is 5.41 Å². The first-order valence-electron chi connectivity index (χ1n) is 12.5. The lowest BCUT2D eigenvalue weighted by molar-refractivity contribution is -0.137. The highest BCUT2D eigenvalue weighted by atomic mass is 16.2. The Hall–Kier alpha value is -3.19. The molecule has 2 aromatic carbocycles. The minimum absolute atomic E-state index is 0.00653. The first-order valence-corrected chi connectivity index (χ1v) is 12.5. The molecule has 1 atom stereocenters. The van der Waals surface area contributed by atoms with Crippen LogP contribution in [0.15, 0.2) is 48.5 Å². The van der Waals surface area contributed by atoms with E-state index in [-0.39, 0.29) is 17.6 Å². The maximum absolute atomic E-state index is 13.4. The van der Waals surface area contributed by atoms with Crippen molar-refractivity contribution in [3.8, 4) is 0 Å². The van der Waals surface area contributed by atoms with Crippen LogP contribution < -0.4 is 5.32 Å². The van der Waals surface area contributed by atoms with Gasteiger partial charge in [0.25, 0.3) is 5.91 Å². The van der Waals surface area contributed by atoms with Crippen molar-refractivity contribution in [2.45, 2.75) is 43.7 Å². The Balaban J connectivity index is 1.10. The van der Waals surface area contributed by atoms with Crippen molar-refractivity contribution in [3.63, 3.8) is 0 Å². The van der Waals surface area contributed by atoms with Crippen LogP contribution in [-0.2, 0) is 15.0 Å². The largest absolute Gasteiger partial charge is 0.380 e. The van der Waals surface area contributed by atoms with Crippen LogP contribution in [0.4, 0.5) is 5.69 Å². The number of amides is 2. The number of benzene rings is 2. The number of piperidine rings is 1. The molecule has 184 valence electrons. The van der Waals surface area contributed by atoms with E-state index in [0.717, 1.165) is 42.7 Å². The van der Waals surface area contributed by atoms with E-state index in [4.69, 9.17) is 0 Å². The number of hydrogen-bond donors (Lipinski definition) is 1. The van der Waals surface area contributed by atoms with Gasteiger partial charge >= 0.3 is 0 Å². The van der Waals surface area contributed by atoms with Crippen molar-refractivity contribution in [1.82, 2.24) is 14.7 Å². The summed E-state index contributed by atoms with van der Waals surface area (Å²) in [5.41, 5.74) is 2.71. The lowest BCUT2D eigenvalue weighted by atomic mass is 9.91. The SMILES string of the molecule is Cc1cccc([C@]2(C(=O)N3CCC(N4CC(Nc5ccc(C(=O)N(C)C)cc5)C4)CC3)CC2=O)c1. The molecule has 7 nitrogen and oxygen atoms in total. The second kappa shape index (κ2) is 9.11. The van der Waals surface area contributed by atoms with E-state index >= 15 is 0 Å². The van der Waals surface area contributed by atoms with E-state index in [1.807, 2.05) is 60.4 Å². The smallest absolute Gasteiger partial charge is 0.253 e. The molecule has 5 rings (SSSR count). The van der Waals surface area contributed by atoms with Crippen LogP contribution in [0.25, 0.3) is 0 Å². The molecule has 2 amide bonds. The van der Waals surface area contributed by atoms with Gasteiger partial charge in [0, 0.05) is 64.0 Å². The van der Waals surface area contributed by atoms with Gasteiger partial charge in [-0.05, 0) is 49.6 Å². The molecule has 0 unspecified atom stereocenters. The van der Waals surface area contributed by atoms with Gasteiger partial charge in [0.15, 0.2) is 5.78 Å². The molecule has 0 bridgehead atoms. The van der Waals surface area contributed by atoms with Crippen molar-refractivity contribution < 1.29 is 14.4 Å². The summed E-state index contributed by atoms with van der Waals surface area (Å²) in [4.78, 5) is 43.8. The summed E-state index contributed by atoms with van der Waals surface area (Å²) in [5, 5.41) is 3.56. The summed E-state index contributed by atoms with van der Waals surface area (Å²) in [6, 6.07) is 16.4. The van der Waals surface area contributed by atoms with E-state index in [1.54, 1.807) is 19.0 Å². The van der Waals surface area contributed by atoms with Gasteiger partial charge in [0.2, 0.25) is 5.91 Å². The summed E-state index contributed by atoms with van der Waals surface area (Å²) >= 11 is 0. The van der Waals surface area contributed by atoms with Crippen molar-refractivity contribution in [2.24, 2.45) is 0 Å². The zero-order valence-electron chi connectivity index (χ0n) is 20.8. The second-order valence-corrected chi connectivity index (χ2v) is 10.5. The van der Waals surface area contributed by atoms with Crippen LogP contribution in [0.2, 0.25) is 0 Å². The maximum atomic E-state index is 13.4. The molecule has 2 aliphatic heterocycles. The van der Waals surface area contributed by atoms with Crippen LogP contribution in [-0.4, -0.2) is 84.7 Å². The third-order valence-corrected chi connectivity index (χ3v) is 7.74. The molecular weight excluding hydrogens is 440 g/mol. The fourth-order valence-corrected chi connectivity index (χ4v) is 5.50. The standard InChI is InChI=1S/C28H34N4O3/c1-19-5-4-6-21(15-19)28(16-25(28)33)27(35)31-13-11-24(12-14-31)32-17-23(18-32)29-22-9-7-20(8-10-22)26(34)30(2)3/h4-10,15,23-24,29H,11-14,16-18H2,1-3H3/t28-/m1/s1. The molecule has 0 aromatic heterocycles. The van der Waals surface area contributed by atoms with Gasteiger partial charge in [0.05, 0.1) is 6.04 Å². The minimum Gasteiger partial charge on any atom is -0.380 e. The molecule has 1 N–H and O–H groups in total. The number of nitrogens with zero attached hydrogens (tertiary/aromatic N) is 3. The molecule has 2 saturated heterocycles. The second-order valence-electron chi connectivity index (χ2n) is 10.5. The third-order valence-electron chi connectivity index (χ3n) is 7.74. The van der Waals surface area contributed by atoms with Crippen LogP contribution >= 0.6 is 0 Å². The van der Waals surface area contributed by atoms with E-state index in [1.165, 1.54) is 0 Å². The molecule has 3 aliphatic rings. The molecule has 2 heterocycles. The Morgan fingerprint density at radius 3 is 2.26 bits per heavy atom. The Morgan fingerprint density at radius 2 is 1.69 bits per heavy atom. The van der Waals surface area contributed by atoms with Gasteiger partial charge in [-0.2, -0.15) is 0 Å². The number of carbonyl (C=O) groups is 3. The topological polar surface area (TPSA) is 73.0 Å². The average molecular weight is 475 g/mol. The highest BCUT2D eigenvalue weighted by Gasteiger charge is 2.62. The fraction of sp³-hybridized carbons (Fsp3) is 0.464. The molecule has 7 heteroatoms. The number of aryl methyl sites for hydroxylation is 1. The van der Waals surface area contributed by atoms with E-state index in [9.17, 15) is 14.4 Å². The zero-order valence-corrected chi connectivity index (χ0v) is 20.8.